The van der Waals surface area contributed by atoms with Crippen molar-refractivity contribution in [2.45, 2.75) is 13.0 Å². The van der Waals surface area contributed by atoms with E-state index in [9.17, 15) is 4.39 Å². The first kappa shape index (κ1) is 13.7. The van der Waals surface area contributed by atoms with Gasteiger partial charge >= 0.3 is 0 Å². The van der Waals surface area contributed by atoms with Gasteiger partial charge in [0.2, 0.25) is 0 Å². The molecule has 0 saturated heterocycles. The van der Waals surface area contributed by atoms with Crippen LogP contribution in [0.3, 0.4) is 0 Å². The topological polar surface area (TPSA) is 24.9 Å². The maximum absolute atomic E-state index is 14.1. The minimum atomic E-state index is -0.206. The predicted molar refractivity (Wildman–Crippen MR) is 83.8 cm³/mol. The Morgan fingerprint density at radius 2 is 1.90 bits per heavy atom. The standard InChI is InChI=1S/C18H17FN2/c1-12-7-8-16(19)15(9-12)18(20-2)14-10-13-5-3-4-6-17(13)21-11-14/h3-11,18,20H,1-2H3. The van der Waals surface area contributed by atoms with Gasteiger partial charge < -0.3 is 5.32 Å². The number of fused-ring (bicyclic) bond motifs is 1. The molecule has 1 N–H and O–H groups in total. The molecule has 1 heterocycles. The van der Waals surface area contributed by atoms with Crippen molar-refractivity contribution in [3.63, 3.8) is 0 Å². The van der Waals surface area contributed by atoms with Crippen LogP contribution in [0.1, 0.15) is 22.7 Å². The minimum absolute atomic E-state index is 0.201. The molecule has 0 bridgehead atoms. The summed E-state index contributed by atoms with van der Waals surface area (Å²) in [5.74, 6) is -0.201. The van der Waals surface area contributed by atoms with Gasteiger partial charge in [0.1, 0.15) is 5.82 Å². The summed E-state index contributed by atoms with van der Waals surface area (Å²) in [5, 5.41) is 4.25. The lowest BCUT2D eigenvalue weighted by Gasteiger charge is -2.18. The van der Waals surface area contributed by atoms with E-state index in [0.29, 0.717) is 5.56 Å². The van der Waals surface area contributed by atoms with Crippen LogP contribution in [0.2, 0.25) is 0 Å². The summed E-state index contributed by atoms with van der Waals surface area (Å²) in [6, 6.07) is 15.0. The van der Waals surface area contributed by atoms with Crippen LogP contribution in [-0.2, 0) is 0 Å². The monoisotopic (exact) mass is 280 g/mol. The molecule has 0 aliphatic heterocycles. The van der Waals surface area contributed by atoms with Crippen molar-refractivity contribution in [1.29, 1.82) is 0 Å². The second kappa shape index (κ2) is 5.62. The Kier molecular flexibility index (Phi) is 3.67. The normalized spacial score (nSPS) is 12.5. The molecule has 0 saturated carbocycles. The molecule has 2 aromatic carbocycles. The Morgan fingerprint density at radius 3 is 2.71 bits per heavy atom. The first-order chi connectivity index (χ1) is 10.2. The highest BCUT2D eigenvalue weighted by Gasteiger charge is 2.17. The molecule has 0 fully saturated rings. The first-order valence-electron chi connectivity index (χ1n) is 6.97. The van der Waals surface area contributed by atoms with Gasteiger partial charge in [-0.25, -0.2) is 4.39 Å². The second-order valence-corrected chi connectivity index (χ2v) is 5.21. The van der Waals surface area contributed by atoms with Gasteiger partial charge in [-0.3, -0.25) is 4.98 Å². The molecule has 0 radical (unpaired) electrons. The number of aryl methyl sites for hydroxylation is 1. The van der Waals surface area contributed by atoms with E-state index in [1.54, 1.807) is 6.07 Å². The van der Waals surface area contributed by atoms with Crippen LogP contribution < -0.4 is 5.32 Å². The van der Waals surface area contributed by atoms with Gasteiger partial charge in [0, 0.05) is 17.1 Å². The van der Waals surface area contributed by atoms with Crippen molar-refractivity contribution < 1.29 is 4.39 Å². The number of benzene rings is 2. The number of halogens is 1. The number of aromatic nitrogens is 1. The lowest BCUT2D eigenvalue weighted by atomic mass is 9.97. The van der Waals surface area contributed by atoms with Crippen molar-refractivity contribution in [3.8, 4) is 0 Å². The Labute approximate surface area is 123 Å². The van der Waals surface area contributed by atoms with E-state index < -0.39 is 0 Å². The van der Waals surface area contributed by atoms with Crippen LogP contribution >= 0.6 is 0 Å². The zero-order valence-electron chi connectivity index (χ0n) is 12.1. The van der Waals surface area contributed by atoms with Gasteiger partial charge in [-0.2, -0.15) is 0 Å². The highest BCUT2D eigenvalue weighted by Crippen LogP contribution is 2.26. The third kappa shape index (κ3) is 2.65. The van der Waals surface area contributed by atoms with Gasteiger partial charge in [0.25, 0.3) is 0 Å². The largest absolute Gasteiger partial charge is 0.309 e. The van der Waals surface area contributed by atoms with Crippen LogP contribution in [0.15, 0.2) is 54.7 Å². The van der Waals surface area contributed by atoms with Crippen LogP contribution in [0.5, 0.6) is 0 Å². The molecule has 0 aliphatic rings. The van der Waals surface area contributed by atoms with E-state index in [1.807, 2.05) is 50.5 Å². The van der Waals surface area contributed by atoms with Crippen molar-refractivity contribution in [1.82, 2.24) is 10.3 Å². The molecule has 3 heteroatoms. The Hall–Kier alpha value is -2.26. The summed E-state index contributed by atoms with van der Waals surface area (Å²) in [7, 11) is 1.83. The SMILES string of the molecule is CNC(c1cnc2ccccc2c1)c1cc(C)ccc1F. The highest BCUT2D eigenvalue weighted by atomic mass is 19.1. The lowest BCUT2D eigenvalue weighted by molar-refractivity contribution is 0.575. The van der Waals surface area contributed by atoms with Crippen LogP contribution in [0.25, 0.3) is 10.9 Å². The average molecular weight is 280 g/mol. The van der Waals surface area contributed by atoms with Gasteiger partial charge in [0.15, 0.2) is 0 Å². The molecule has 106 valence electrons. The molecule has 0 spiro atoms. The molecular formula is C18H17FN2. The fraction of sp³-hybridized carbons (Fsp3) is 0.167. The van der Waals surface area contributed by atoms with E-state index in [4.69, 9.17) is 0 Å². The van der Waals surface area contributed by atoms with Crippen molar-refractivity contribution in [2.75, 3.05) is 7.05 Å². The number of pyridine rings is 1. The number of nitrogens with zero attached hydrogens (tertiary/aromatic N) is 1. The first-order valence-corrected chi connectivity index (χ1v) is 6.97. The minimum Gasteiger partial charge on any atom is -0.309 e. The number of rotatable bonds is 3. The number of hydrogen-bond acceptors (Lipinski definition) is 2. The molecule has 3 rings (SSSR count). The molecule has 1 atom stereocenters. The maximum atomic E-state index is 14.1. The van der Waals surface area contributed by atoms with Gasteiger partial charge in [0.05, 0.1) is 11.6 Å². The number of para-hydroxylation sites is 1. The van der Waals surface area contributed by atoms with E-state index >= 15 is 0 Å². The fourth-order valence-electron chi connectivity index (χ4n) is 2.63. The van der Waals surface area contributed by atoms with E-state index in [0.717, 1.165) is 22.0 Å². The molecular weight excluding hydrogens is 263 g/mol. The lowest BCUT2D eigenvalue weighted by Crippen LogP contribution is -2.19. The summed E-state index contributed by atoms with van der Waals surface area (Å²) in [6.07, 6.45) is 1.81. The van der Waals surface area contributed by atoms with E-state index in [-0.39, 0.29) is 11.9 Å². The van der Waals surface area contributed by atoms with E-state index in [2.05, 4.69) is 16.4 Å². The molecule has 0 aliphatic carbocycles. The molecule has 1 aromatic heterocycles. The molecule has 1 unspecified atom stereocenters. The third-order valence-electron chi connectivity index (χ3n) is 3.70. The second-order valence-electron chi connectivity index (χ2n) is 5.21. The zero-order valence-corrected chi connectivity index (χ0v) is 12.1. The van der Waals surface area contributed by atoms with Gasteiger partial charge in [-0.1, -0.05) is 35.9 Å². The van der Waals surface area contributed by atoms with Crippen molar-refractivity contribution in [3.05, 3.63) is 77.2 Å². The Bertz CT molecular complexity index is 783. The maximum Gasteiger partial charge on any atom is 0.128 e. The van der Waals surface area contributed by atoms with Crippen molar-refractivity contribution >= 4 is 10.9 Å². The van der Waals surface area contributed by atoms with Gasteiger partial charge in [-0.15, -0.1) is 0 Å². The van der Waals surface area contributed by atoms with Gasteiger partial charge in [-0.05, 0) is 37.7 Å². The molecule has 21 heavy (non-hydrogen) atoms. The summed E-state index contributed by atoms with van der Waals surface area (Å²) in [4.78, 5) is 4.47. The summed E-state index contributed by atoms with van der Waals surface area (Å²) >= 11 is 0. The third-order valence-corrected chi connectivity index (χ3v) is 3.70. The zero-order chi connectivity index (χ0) is 14.8. The number of nitrogens with one attached hydrogen (secondary N) is 1. The highest BCUT2D eigenvalue weighted by molar-refractivity contribution is 5.79. The number of hydrogen-bond donors (Lipinski definition) is 1. The van der Waals surface area contributed by atoms with Crippen LogP contribution in [0, 0.1) is 12.7 Å². The molecule has 0 amide bonds. The summed E-state index contributed by atoms with van der Waals surface area (Å²) in [5.41, 5.74) is 3.59. The molecule has 2 nitrogen and oxygen atoms in total. The smallest absolute Gasteiger partial charge is 0.128 e. The van der Waals surface area contributed by atoms with E-state index in [1.165, 1.54) is 6.07 Å². The van der Waals surface area contributed by atoms with Crippen molar-refractivity contribution in [2.24, 2.45) is 0 Å². The fourth-order valence-corrected chi connectivity index (χ4v) is 2.63. The summed E-state index contributed by atoms with van der Waals surface area (Å²) < 4.78 is 14.1. The Balaban J connectivity index is 2.11. The Morgan fingerprint density at radius 1 is 1.10 bits per heavy atom. The average Bonchev–Trinajstić information content (AvgIpc) is 2.51. The molecule has 3 aromatic rings. The van der Waals surface area contributed by atoms with Crippen LogP contribution in [0.4, 0.5) is 4.39 Å². The quantitative estimate of drug-likeness (QED) is 0.784. The predicted octanol–water partition coefficient (Wildman–Crippen LogP) is 3.99. The summed E-state index contributed by atoms with van der Waals surface area (Å²) in [6.45, 7) is 1.97. The van der Waals surface area contributed by atoms with Crippen LogP contribution in [-0.4, -0.2) is 12.0 Å².